The number of carbonyl (C=O) groups is 1. The monoisotopic (exact) mass is 350 g/mol. The molecule has 1 aromatic heterocycles. The first-order chi connectivity index (χ1) is 12.6. The van der Waals surface area contributed by atoms with Crippen molar-refractivity contribution in [3.63, 3.8) is 0 Å². The number of fused-ring (bicyclic) bond motifs is 1. The molecule has 26 heavy (non-hydrogen) atoms. The number of hydrogen-bond acceptors (Lipinski definition) is 4. The summed E-state index contributed by atoms with van der Waals surface area (Å²) >= 11 is 0. The number of nitrogens with one attached hydrogen (secondary N) is 1. The molecule has 1 saturated heterocycles. The summed E-state index contributed by atoms with van der Waals surface area (Å²) in [6.45, 7) is 5.58. The summed E-state index contributed by atoms with van der Waals surface area (Å²) in [7, 11) is 1.70. The van der Waals surface area contributed by atoms with Crippen LogP contribution in [0.5, 0.6) is 0 Å². The highest BCUT2D eigenvalue weighted by molar-refractivity contribution is 5.95. The van der Waals surface area contributed by atoms with E-state index >= 15 is 0 Å². The molecule has 1 aliphatic heterocycles. The Kier molecular flexibility index (Phi) is 5.08. The third-order valence-corrected chi connectivity index (χ3v) is 5.07. The first-order valence-electron chi connectivity index (χ1n) is 8.73. The molecule has 1 N–H and O–H groups in total. The van der Waals surface area contributed by atoms with Gasteiger partial charge in [-0.1, -0.05) is 24.8 Å². The summed E-state index contributed by atoms with van der Waals surface area (Å²) < 4.78 is 1.54. The van der Waals surface area contributed by atoms with Crippen LogP contribution in [0.3, 0.4) is 0 Å². The Hall–Kier alpha value is -3.07. The van der Waals surface area contributed by atoms with Crippen molar-refractivity contribution in [3.05, 3.63) is 52.8 Å². The number of nitriles is 1. The molecule has 0 saturated carbocycles. The van der Waals surface area contributed by atoms with Crippen molar-refractivity contribution in [3.8, 4) is 6.07 Å². The number of hydrogen-bond donors (Lipinski definition) is 1. The fourth-order valence-corrected chi connectivity index (χ4v) is 3.59. The fourth-order valence-electron chi connectivity index (χ4n) is 3.59. The lowest BCUT2D eigenvalue weighted by Gasteiger charge is -2.34. The van der Waals surface area contributed by atoms with Crippen molar-refractivity contribution in [2.24, 2.45) is 13.0 Å². The van der Waals surface area contributed by atoms with Crippen molar-refractivity contribution in [1.82, 2.24) is 9.88 Å². The minimum atomic E-state index is -0.262. The Balaban J connectivity index is 1.89. The first-order valence-corrected chi connectivity index (χ1v) is 8.73. The highest BCUT2D eigenvalue weighted by Gasteiger charge is 2.25. The molecule has 0 spiro atoms. The quantitative estimate of drug-likeness (QED) is 0.855. The maximum atomic E-state index is 12.6. The molecule has 0 unspecified atom stereocenters. The summed E-state index contributed by atoms with van der Waals surface area (Å²) in [5.41, 5.74) is 1.50. The summed E-state index contributed by atoms with van der Waals surface area (Å²) in [6.07, 6.45) is 3.07. The zero-order valence-electron chi connectivity index (χ0n) is 14.9. The molecule has 1 amide bonds. The van der Waals surface area contributed by atoms with Gasteiger partial charge in [0.25, 0.3) is 5.56 Å². The summed E-state index contributed by atoms with van der Waals surface area (Å²) in [5, 5.41) is 13.4. The van der Waals surface area contributed by atoms with E-state index in [0.717, 1.165) is 42.5 Å². The number of para-hydroxylation sites is 1. The number of anilines is 1. The van der Waals surface area contributed by atoms with Gasteiger partial charge in [-0.2, -0.15) is 5.26 Å². The van der Waals surface area contributed by atoms with Crippen LogP contribution in [0.2, 0.25) is 0 Å². The van der Waals surface area contributed by atoms with E-state index in [-0.39, 0.29) is 17.0 Å². The summed E-state index contributed by atoms with van der Waals surface area (Å²) in [4.78, 5) is 26.1. The van der Waals surface area contributed by atoms with Gasteiger partial charge in [-0.15, -0.1) is 0 Å². The molecule has 0 radical (unpaired) electrons. The van der Waals surface area contributed by atoms with Crippen molar-refractivity contribution < 1.29 is 4.79 Å². The van der Waals surface area contributed by atoms with Gasteiger partial charge in [-0.25, -0.2) is 0 Å². The molecule has 2 aromatic rings. The highest BCUT2D eigenvalue weighted by atomic mass is 16.1. The molecule has 1 aromatic carbocycles. The van der Waals surface area contributed by atoms with Crippen LogP contribution in [0.15, 0.2) is 41.7 Å². The standard InChI is InChI=1S/C20H22N4O2/c1-3-18(25)22-13-14-8-10-24(11-9-14)19-15-6-4-5-7-17(15)23(2)20(26)16(19)12-21/h3-7,14H,1,8-11,13H2,2H3,(H,22,25). The predicted molar refractivity (Wildman–Crippen MR) is 102 cm³/mol. The van der Waals surface area contributed by atoms with Gasteiger partial charge in [0, 0.05) is 32.1 Å². The zero-order valence-corrected chi connectivity index (χ0v) is 14.9. The normalized spacial score (nSPS) is 14.8. The SMILES string of the molecule is C=CC(=O)NCC1CCN(c2c(C#N)c(=O)n(C)c3ccccc23)CC1. The molecule has 6 nitrogen and oxygen atoms in total. The number of piperidine rings is 1. The Morgan fingerprint density at radius 2 is 2.08 bits per heavy atom. The van der Waals surface area contributed by atoms with Crippen LogP contribution in [-0.2, 0) is 11.8 Å². The molecule has 0 atom stereocenters. The van der Waals surface area contributed by atoms with Crippen molar-refractivity contribution in [1.29, 1.82) is 5.26 Å². The number of amides is 1. The largest absolute Gasteiger partial charge is 0.370 e. The molecule has 1 fully saturated rings. The lowest BCUT2D eigenvalue weighted by Crippen LogP contribution is -2.39. The summed E-state index contributed by atoms with van der Waals surface area (Å²) in [6, 6.07) is 9.79. The lowest BCUT2D eigenvalue weighted by atomic mass is 9.95. The van der Waals surface area contributed by atoms with Crippen LogP contribution in [0.4, 0.5) is 5.69 Å². The average Bonchev–Trinajstić information content (AvgIpc) is 2.69. The third kappa shape index (κ3) is 3.21. The van der Waals surface area contributed by atoms with Gasteiger partial charge in [0.1, 0.15) is 11.6 Å². The Bertz CT molecular complexity index is 947. The van der Waals surface area contributed by atoms with Crippen LogP contribution < -0.4 is 15.8 Å². The van der Waals surface area contributed by atoms with E-state index in [9.17, 15) is 14.9 Å². The molecular weight excluding hydrogens is 328 g/mol. The third-order valence-electron chi connectivity index (χ3n) is 5.07. The second-order valence-electron chi connectivity index (χ2n) is 6.60. The van der Waals surface area contributed by atoms with Crippen LogP contribution >= 0.6 is 0 Å². The predicted octanol–water partition coefficient (Wildman–Crippen LogP) is 1.93. The van der Waals surface area contributed by atoms with Crippen LogP contribution in [0.25, 0.3) is 10.9 Å². The molecule has 0 aliphatic carbocycles. The van der Waals surface area contributed by atoms with Gasteiger partial charge < -0.3 is 14.8 Å². The van der Waals surface area contributed by atoms with E-state index in [1.807, 2.05) is 24.3 Å². The Morgan fingerprint density at radius 3 is 2.73 bits per heavy atom. The van der Waals surface area contributed by atoms with E-state index in [1.165, 1.54) is 10.6 Å². The van der Waals surface area contributed by atoms with Crippen LogP contribution in [-0.4, -0.2) is 30.1 Å². The van der Waals surface area contributed by atoms with Gasteiger partial charge in [0.05, 0.1) is 11.2 Å². The first kappa shape index (κ1) is 17.7. The molecular formula is C20H22N4O2. The van der Waals surface area contributed by atoms with Gasteiger partial charge in [0.15, 0.2) is 0 Å². The second-order valence-corrected chi connectivity index (χ2v) is 6.60. The van der Waals surface area contributed by atoms with E-state index in [0.29, 0.717) is 12.5 Å². The Morgan fingerprint density at radius 1 is 1.38 bits per heavy atom. The average molecular weight is 350 g/mol. The summed E-state index contributed by atoms with van der Waals surface area (Å²) in [5.74, 6) is 0.232. The molecule has 3 rings (SSSR count). The van der Waals surface area contributed by atoms with E-state index in [4.69, 9.17) is 0 Å². The molecule has 1 aliphatic rings. The number of benzene rings is 1. The number of aryl methyl sites for hydroxylation is 1. The van der Waals surface area contributed by atoms with Crippen LogP contribution in [0, 0.1) is 17.2 Å². The maximum Gasteiger partial charge on any atom is 0.270 e. The zero-order chi connectivity index (χ0) is 18.7. The molecule has 2 heterocycles. The number of aromatic nitrogens is 1. The number of nitrogens with zero attached hydrogens (tertiary/aromatic N) is 3. The smallest absolute Gasteiger partial charge is 0.270 e. The van der Waals surface area contributed by atoms with Gasteiger partial charge in [-0.05, 0) is 30.9 Å². The van der Waals surface area contributed by atoms with E-state index in [1.54, 1.807) is 7.05 Å². The minimum Gasteiger partial charge on any atom is -0.370 e. The van der Waals surface area contributed by atoms with Crippen LogP contribution in [0.1, 0.15) is 18.4 Å². The maximum absolute atomic E-state index is 12.6. The molecule has 134 valence electrons. The number of pyridine rings is 1. The Labute approximate surface area is 152 Å². The van der Waals surface area contributed by atoms with Gasteiger partial charge in [0.2, 0.25) is 5.91 Å². The highest BCUT2D eigenvalue weighted by Crippen LogP contribution is 2.31. The minimum absolute atomic E-state index is 0.156. The number of rotatable bonds is 4. The lowest BCUT2D eigenvalue weighted by molar-refractivity contribution is -0.116. The topological polar surface area (TPSA) is 78.1 Å². The van der Waals surface area contributed by atoms with Crippen molar-refractivity contribution in [2.45, 2.75) is 12.8 Å². The van der Waals surface area contributed by atoms with E-state index in [2.05, 4.69) is 22.9 Å². The molecule has 6 heteroatoms. The van der Waals surface area contributed by atoms with Crippen molar-refractivity contribution in [2.75, 3.05) is 24.5 Å². The van der Waals surface area contributed by atoms with Crippen molar-refractivity contribution >= 4 is 22.5 Å². The molecule has 0 bridgehead atoms. The van der Waals surface area contributed by atoms with E-state index < -0.39 is 0 Å². The van der Waals surface area contributed by atoms with Gasteiger partial charge in [-0.3, -0.25) is 9.59 Å². The van der Waals surface area contributed by atoms with Gasteiger partial charge >= 0.3 is 0 Å². The second kappa shape index (κ2) is 7.44. The fraction of sp³-hybridized carbons (Fsp3) is 0.350. The number of carbonyl (C=O) groups excluding carboxylic acids is 1.